The van der Waals surface area contributed by atoms with Crippen LogP contribution >= 0.6 is 0 Å². The minimum atomic E-state index is -0.420. The molecule has 0 saturated heterocycles. The number of carbonyl (C=O) groups is 1. The molecule has 2 aromatic heterocycles. The van der Waals surface area contributed by atoms with Crippen molar-refractivity contribution in [3.63, 3.8) is 0 Å². The maximum Gasteiger partial charge on any atom is 0.283 e. The molecule has 0 aliphatic carbocycles. The summed E-state index contributed by atoms with van der Waals surface area (Å²) in [5.74, 6) is -0.420. The van der Waals surface area contributed by atoms with E-state index in [4.69, 9.17) is 0 Å². The Morgan fingerprint density at radius 2 is 2.20 bits per heavy atom. The highest BCUT2D eigenvalue weighted by Gasteiger charge is 2.16. The molecule has 6 nitrogen and oxygen atoms in total. The van der Waals surface area contributed by atoms with E-state index in [1.54, 1.807) is 18.3 Å². The van der Waals surface area contributed by atoms with Gasteiger partial charge in [-0.3, -0.25) is 14.2 Å². The summed E-state index contributed by atoms with van der Waals surface area (Å²) < 4.78 is 1.47. The summed E-state index contributed by atoms with van der Waals surface area (Å²) in [5, 5.41) is 2.72. The third-order valence-corrected chi connectivity index (χ3v) is 3.05. The molecule has 0 fully saturated rings. The van der Waals surface area contributed by atoms with Gasteiger partial charge >= 0.3 is 0 Å². The Morgan fingerprint density at radius 1 is 1.40 bits per heavy atom. The molecule has 1 N–H and O–H groups in total. The summed E-state index contributed by atoms with van der Waals surface area (Å²) in [6.45, 7) is 4.88. The molecule has 20 heavy (non-hydrogen) atoms. The summed E-state index contributed by atoms with van der Waals surface area (Å²) in [6.07, 6.45) is 3.47. The van der Waals surface area contributed by atoms with E-state index < -0.39 is 11.5 Å². The number of fused-ring (bicyclic) bond motifs is 1. The van der Waals surface area contributed by atoms with Crippen molar-refractivity contribution in [1.82, 2.24) is 19.9 Å². The Kier molecular flexibility index (Phi) is 4.45. The van der Waals surface area contributed by atoms with E-state index in [-0.39, 0.29) is 5.69 Å². The number of pyridine rings is 1. The minimum absolute atomic E-state index is 0.0662. The topological polar surface area (TPSA) is 76.9 Å². The lowest BCUT2D eigenvalue weighted by Crippen LogP contribution is -2.35. The van der Waals surface area contributed by atoms with Gasteiger partial charge in [-0.25, -0.2) is 9.97 Å². The molecule has 0 aliphatic heterocycles. The van der Waals surface area contributed by atoms with Gasteiger partial charge in [0.15, 0.2) is 11.3 Å². The van der Waals surface area contributed by atoms with Crippen LogP contribution in [0.25, 0.3) is 11.2 Å². The van der Waals surface area contributed by atoms with Crippen LogP contribution in [0.4, 0.5) is 0 Å². The van der Waals surface area contributed by atoms with Crippen LogP contribution in [0.1, 0.15) is 37.2 Å². The van der Waals surface area contributed by atoms with Crippen LogP contribution in [-0.4, -0.2) is 27.0 Å². The highest BCUT2D eigenvalue weighted by molar-refractivity contribution is 5.93. The van der Waals surface area contributed by atoms with Crippen LogP contribution in [0.2, 0.25) is 0 Å². The molecule has 0 saturated carbocycles. The summed E-state index contributed by atoms with van der Waals surface area (Å²) in [4.78, 5) is 32.6. The fourth-order valence-electron chi connectivity index (χ4n) is 1.98. The largest absolute Gasteiger partial charge is 0.351 e. The molecule has 0 aromatic carbocycles. The van der Waals surface area contributed by atoms with Crippen molar-refractivity contribution in [3.05, 3.63) is 34.4 Å². The molecule has 0 atom stereocenters. The van der Waals surface area contributed by atoms with Crippen molar-refractivity contribution in [3.8, 4) is 0 Å². The Morgan fingerprint density at radius 3 is 2.90 bits per heavy atom. The Bertz CT molecular complexity index is 678. The van der Waals surface area contributed by atoms with E-state index in [1.165, 1.54) is 4.57 Å². The number of aryl methyl sites for hydroxylation is 1. The van der Waals surface area contributed by atoms with Crippen molar-refractivity contribution < 1.29 is 4.79 Å². The fraction of sp³-hybridized carbons (Fsp3) is 0.429. The van der Waals surface area contributed by atoms with Crippen molar-refractivity contribution in [1.29, 1.82) is 0 Å². The van der Waals surface area contributed by atoms with Crippen LogP contribution in [0.5, 0.6) is 0 Å². The molecule has 1 amide bonds. The standard InChI is InChI=1S/C14H18N4O2/c1-3-5-8-16-13(19)11-14(20)18(4-2)12-10(17-11)7-6-9-15-12/h6-7,9H,3-5,8H2,1-2H3,(H,16,19). The first kappa shape index (κ1) is 14.2. The maximum absolute atomic E-state index is 12.3. The van der Waals surface area contributed by atoms with Crippen LogP contribution in [-0.2, 0) is 6.54 Å². The number of nitrogens with one attached hydrogen (secondary N) is 1. The SMILES string of the molecule is CCCCNC(=O)c1nc2cccnc2n(CC)c1=O. The van der Waals surface area contributed by atoms with Crippen molar-refractivity contribution in [2.75, 3.05) is 6.54 Å². The zero-order valence-electron chi connectivity index (χ0n) is 11.7. The van der Waals surface area contributed by atoms with Crippen molar-refractivity contribution in [2.24, 2.45) is 0 Å². The molecule has 2 rings (SSSR count). The van der Waals surface area contributed by atoms with Crippen LogP contribution in [0.15, 0.2) is 23.1 Å². The third kappa shape index (κ3) is 2.68. The number of unbranched alkanes of at least 4 members (excludes halogenated alkanes) is 1. The van der Waals surface area contributed by atoms with Crippen LogP contribution < -0.4 is 10.9 Å². The van der Waals surface area contributed by atoms with E-state index in [2.05, 4.69) is 15.3 Å². The van der Waals surface area contributed by atoms with Gasteiger partial charge in [0.25, 0.3) is 11.5 Å². The van der Waals surface area contributed by atoms with Gasteiger partial charge in [0.2, 0.25) is 0 Å². The lowest BCUT2D eigenvalue weighted by molar-refractivity contribution is 0.0946. The van der Waals surface area contributed by atoms with Crippen LogP contribution in [0.3, 0.4) is 0 Å². The summed E-state index contributed by atoms with van der Waals surface area (Å²) >= 11 is 0. The molecule has 2 heterocycles. The van der Waals surface area contributed by atoms with E-state index in [1.807, 2.05) is 13.8 Å². The molecule has 6 heteroatoms. The third-order valence-electron chi connectivity index (χ3n) is 3.05. The number of aromatic nitrogens is 3. The zero-order chi connectivity index (χ0) is 14.5. The monoisotopic (exact) mass is 274 g/mol. The van der Waals surface area contributed by atoms with Gasteiger partial charge in [-0.15, -0.1) is 0 Å². The zero-order valence-corrected chi connectivity index (χ0v) is 11.7. The van der Waals surface area contributed by atoms with Gasteiger partial charge in [0, 0.05) is 19.3 Å². The highest BCUT2D eigenvalue weighted by Crippen LogP contribution is 2.06. The van der Waals surface area contributed by atoms with Gasteiger partial charge in [-0.1, -0.05) is 13.3 Å². The average molecular weight is 274 g/mol. The molecule has 0 spiro atoms. The van der Waals surface area contributed by atoms with Gasteiger partial charge < -0.3 is 5.32 Å². The predicted molar refractivity (Wildman–Crippen MR) is 76.7 cm³/mol. The number of rotatable bonds is 5. The van der Waals surface area contributed by atoms with E-state index in [9.17, 15) is 9.59 Å². The first-order chi connectivity index (χ1) is 9.69. The Labute approximate surface area is 116 Å². The van der Waals surface area contributed by atoms with Gasteiger partial charge in [0.05, 0.1) is 0 Å². The molecule has 2 aromatic rings. The van der Waals surface area contributed by atoms with Crippen molar-refractivity contribution in [2.45, 2.75) is 33.2 Å². The maximum atomic E-state index is 12.3. The van der Waals surface area contributed by atoms with Gasteiger partial charge in [0.1, 0.15) is 5.52 Å². The second-order valence-electron chi connectivity index (χ2n) is 4.47. The molecule has 106 valence electrons. The first-order valence-corrected chi connectivity index (χ1v) is 6.82. The minimum Gasteiger partial charge on any atom is -0.351 e. The first-order valence-electron chi connectivity index (χ1n) is 6.82. The van der Waals surface area contributed by atoms with E-state index >= 15 is 0 Å². The summed E-state index contributed by atoms with van der Waals surface area (Å²) in [7, 11) is 0. The van der Waals surface area contributed by atoms with E-state index in [0.29, 0.717) is 24.3 Å². The highest BCUT2D eigenvalue weighted by atomic mass is 16.2. The number of hydrogen-bond donors (Lipinski definition) is 1. The Balaban J connectivity index is 2.46. The average Bonchev–Trinajstić information content (AvgIpc) is 2.47. The number of nitrogens with zero attached hydrogens (tertiary/aromatic N) is 3. The predicted octanol–water partition coefficient (Wildman–Crippen LogP) is 1.34. The van der Waals surface area contributed by atoms with Crippen molar-refractivity contribution >= 4 is 17.1 Å². The molecule has 0 radical (unpaired) electrons. The summed E-state index contributed by atoms with van der Waals surface area (Å²) in [6, 6.07) is 3.48. The van der Waals surface area contributed by atoms with Crippen LogP contribution in [0, 0.1) is 0 Å². The molecular formula is C14H18N4O2. The van der Waals surface area contributed by atoms with Gasteiger partial charge in [-0.05, 0) is 25.5 Å². The molecule has 0 bridgehead atoms. The molecular weight excluding hydrogens is 256 g/mol. The Hall–Kier alpha value is -2.24. The molecule has 0 unspecified atom stereocenters. The number of hydrogen-bond acceptors (Lipinski definition) is 4. The second-order valence-corrected chi connectivity index (χ2v) is 4.47. The lowest BCUT2D eigenvalue weighted by atomic mass is 10.3. The quantitative estimate of drug-likeness (QED) is 0.835. The number of amides is 1. The number of carbonyl (C=O) groups excluding carboxylic acids is 1. The molecule has 0 aliphatic rings. The fourth-order valence-corrected chi connectivity index (χ4v) is 1.98. The van der Waals surface area contributed by atoms with Gasteiger partial charge in [-0.2, -0.15) is 0 Å². The normalized spacial score (nSPS) is 10.7. The smallest absolute Gasteiger partial charge is 0.283 e. The lowest BCUT2D eigenvalue weighted by Gasteiger charge is -2.09. The van der Waals surface area contributed by atoms with E-state index in [0.717, 1.165) is 12.8 Å². The summed E-state index contributed by atoms with van der Waals surface area (Å²) in [5.41, 5.74) is 0.593. The second kappa shape index (κ2) is 6.27.